The first-order chi connectivity index (χ1) is 11.1. The highest BCUT2D eigenvalue weighted by atomic mass is 79.9. The van der Waals surface area contributed by atoms with E-state index in [2.05, 4.69) is 35.3 Å². The van der Waals surface area contributed by atoms with Crippen LogP contribution in [0.1, 0.15) is 35.2 Å². The number of nitrogen functional groups attached to an aromatic ring is 1. The highest BCUT2D eigenvalue weighted by Gasteiger charge is 2.24. The first-order valence-electron chi connectivity index (χ1n) is 8.07. The molecule has 1 amide bonds. The average molecular weight is 400 g/mol. The van der Waals surface area contributed by atoms with Gasteiger partial charge in [-0.3, -0.25) is 9.46 Å². The molecule has 1 aromatic carbocycles. The Hall–Kier alpha value is -0.840. The summed E-state index contributed by atoms with van der Waals surface area (Å²) in [6, 6.07) is 1.78. The maximum Gasteiger partial charge on any atom is 0.255 e. The topological polar surface area (TPSA) is 67.6 Å². The number of hydrogen-bond acceptors (Lipinski definition) is 4. The Labute approximate surface area is 147 Å². The van der Waals surface area contributed by atoms with Crippen LogP contribution in [0.3, 0.4) is 0 Å². The van der Waals surface area contributed by atoms with Crippen molar-refractivity contribution in [2.45, 2.75) is 25.7 Å². The van der Waals surface area contributed by atoms with Gasteiger partial charge >= 0.3 is 0 Å². The second kappa shape index (κ2) is 7.37. The number of fused-ring (bicyclic) bond motifs is 1. The minimum Gasteiger partial charge on any atom is -0.492 e. The van der Waals surface area contributed by atoms with Crippen LogP contribution >= 0.6 is 25.3 Å². The van der Waals surface area contributed by atoms with Gasteiger partial charge in [0.1, 0.15) is 5.75 Å². The first kappa shape index (κ1) is 17.0. The standard InChI is InChI=1S/C16H23BrN3O2P/c17-13-8-12(15-11(14(13)18)2-1-7-22-15)16(21)19-9-10-3-5-20(23)6-4-10/h8,10H,1-7,9,18,23H2,(H,19,21). The summed E-state index contributed by atoms with van der Waals surface area (Å²) in [6.07, 6.45) is 4.02. The largest absolute Gasteiger partial charge is 0.492 e. The Morgan fingerprint density at radius 2 is 2.22 bits per heavy atom. The summed E-state index contributed by atoms with van der Waals surface area (Å²) in [5.41, 5.74) is 8.33. The molecule has 1 fully saturated rings. The molecule has 5 nitrogen and oxygen atoms in total. The summed E-state index contributed by atoms with van der Waals surface area (Å²) in [5.74, 6) is 1.14. The Morgan fingerprint density at radius 3 is 2.96 bits per heavy atom. The number of nitrogens with one attached hydrogen (secondary N) is 1. The molecule has 0 bridgehead atoms. The van der Waals surface area contributed by atoms with Gasteiger partial charge in [-0.05, 0) is 53.6 Å². The van der Waals surface area contributed by atoms with E-state index in [1.165, 1.54) is 0 Å². The molecule has 23 heavy (non-hydrogen) atoms. The maximum absolute atomic E-state index is 12.6. The van der Waals surface area contributed by atoms with Crippen molar-refractivity contribution in [1.82, 2.24) is 9.99 Å². The molecule has 0 saturated carbocycles. The van der Waals surface area contributed by atoms with Crippen molar-refractivity contribution >= 4 is 36.9 Å². The van der Waals surface area contributed by atoms with Gasteiger partial charge < -0.3 is 15.8 Å². The number of benzene rings is 1. The molecule has 126 valence electrons. The summed E-state index contributed by atoms with van der Waals surface area (Å²) in [5, 5.41) is 3.07. The number of nitrogens with two attached hydrogens (primary N) is 1. The van der Waals surface area contributed by atoms with Crippen molar-refractivity contribution in [2.75, 3.05) is 32.0 Å². The molecule has 2 heterocycles. The molecular weight excluding hydrogens is 377 g/mol. The molecule has 0 radical (unpaired) electrons. The van der Waals surface area contributed by atoms with Crippen molar-refractivity contribution in [3.05, 3.63) is 21.7 Å². The minimum absolute atomic E-state index is 0.0721. The lowest BCUT2D eigenvalue weighted by Gasteiger charge is -2.29. The van der Waals surface area contributed by atoms with E-state index < -0.39 is 0 Å². The fraction of sp³-hybridized carbons (Fsp3) is 0.562. The number of anilines is 1. The van der Waals surface area contributed by atoms with Crippen molar-refractivity contribution in [1.29, 1.82) is 0 Å². The van der Waals surface area contributed by atoms with Crippen molar-refractivity contribution in [3.63, 3.8) is 0 Å². The van der Waals surface area contributed by atoms with Crippen molar-refractivity contribution < 1.29 is 9.53 Å². The quantitative estimate of drug-likeness (QED) is 0.605. The van der Waals surface area contributed by atoms with E-state index in [9.17, 15) is 4.79 Å². The summed E-state index contributed by atoms with van der Waals surface area (Å²) < 4.78 is 8.76. The van der Waals surface area contributed by atoms with Crippen LogP contribution in [0.5, 0.6) is 5.75 Å². The van der Waals surface area contributed by atoms with Gasteiger partial charge in [-0.1, -0.05) is 9.39 Å². The molecule has 1 aromatic rings. The molecule has 0 aromatic heterocycles. The smallest absolute Gasteiger partial charge is 0.255 e. The Morgan fingerprint density at radius 1 is 1.48 bits per heavy atom. The number of amides is 1. The zero-order valence-corrected chi connectivity index (χ0v) is 15.8. The number of hydrogen-bond donors (Lipinski definition) is 2. The number of nitrogens with zero attached hydrogens (tertiary/aromatic N) is 1. The van der Waals surface area contributed by atoms with E-state index >= 15 is 0 Å². The number of piperidine rings is 1. The van der Waals surface area contributed by atoms with E-state index in [1.807, 2.05) is 0 Å². The number of rotatable bonds is 3. The molecule has 0 aliphatic carbocycles. The van der Waals surface area contributed by atoms with Crippen molar-refractivity contribution in [2.24, 2.45) is 5.92 Å². The number of carbonyl (C=O) groups excluding carboxylic acids is 1. The van der Waals surface area contributed by atoms with Gasteiger partial charge in [0.05, 0.1) is 17.9 Å². The third kappa shape index (κ3) is 3.81. The van der Waals surface area contributed by atoms with Crippen LogP contribution in [0, 0.1) is 5.92 Å². The lowest BCUT2D eigenvalue weighted by molar-refractivity contribution is 0.0937. The highest BCUT2D eigenvalue weighted by Crippen LogP contribution is 2.38. The molecule has 0 spiro atoms. The van der Waals surface area contributed by atoms with E-state index in [0.717, 1.165) is 48.8 Å². The SMILES string of the molecule is Nc1c(Br)cc(C(=O)NCC2CCN(P)CC2)c2c1CCCO2. The van der Waals surface area contributed by atoms with Gasteiger partial charge in [-0.25, -0.2) is 0 Å². The first-order valence-corrected chi connectivity index (χ1v) is 9.38. The molecule has 3 N–H and O–H groups in total. The van der Waals surface area contributed by atoms with Crippen LogP contribution in [0.2, 0.25) is 0 Å². The summed E-state index contributed by atoms with van der Waals surface area (Å²) in [6.45, 7) is 3.49. The number of halogens is 1. The fourth-order valence-electron chi connectivity index (χ4n) is 3.19. The van der Waals surface area contributed by atoms with Crippen molar-refractivity contribution in [3.8, 4) is 5.75 Å². The van der Waals surface area contributed by atoms with Gasteiger partial charge in [-0.2, -0.15) is 0 Å². The molecule has 3 rings (SSSR count). The van der Waals surface area contributed by atoms with Gasteiger partial charge in [0.25, 0.3) is 5.91 Å². The lowest BCUT2D eigenvalue weighted by atomic mass is 9.97. The van der Waals surface area contributed by atoms with Gasteiger partial charge in [-0.15, -0.1) is 0 Å². The predicted molar refractivity (Wildman–Crippen MR) is 98.7 cm³/mol. The molecule has 1 saturated heterocycles. The zero-order valence-electron chi connectivity index (χ0n) is 13.1. The van der Waals surface area contributed by atoms with E-state index in [4.69, 9.17) is 10.5 Å². The third-order valence-electron chi connectivity index (χ3n) is 4.63. The zero-order chi connectivity index (χ0) is 16.4. The summed E-state index contributed by atoms with van der Waals surface area (Å²) >= 11 is 3.46. The minimum atomic E-state index is -0.0721. The molecule has 7 heteroatoms. The van der Waals surface area contributed by atoms with Gasteiger partial charge in [0, 0.05) is 29.7 Å². The molecule has 1 unspecified atom stereocenters. The van der Waals surface area contributed by atoms with Gasteiger partial charge in [0.2, 0.25) is 0 Å². The van der Waals surface area contributed by atoms with E-state index in [-0.39, 0.29) is 5.91 Å². The molecular formula is C16H23BrN3O2P. The normalized spacial score (nSPS) is 19.0. The molecule has 2 aliphatic heterocycles. The third-order valence-corrected chi connectivity index (χ3v) is 5.81. The molecule has 2 aliphatic rings. The Balaban J connectivity index is 1.71. The van der Waals surface area contributed by atoms with E-state index in [1.54, 1.807) is 6.07 Å². The number of carbonyl (C=O) groups is 1. The van der Waals surface area contributed by atoms with Crippen LogP contribution in [0.4, 0.5) is 5.69 Å². The molecule has 1 atom stereocenters. The van der Waals surface area contributed by atoms with Crippen LogP contribution < -0.4 is 15.8 Å². The lowest BCUT2D eigenvalue weighted by Crippen LogP contribution is -2.35. The average Bonchev–Trinajstić information content (AvgIpc) is 2.57. The van der Waals surface area contributed by atoms with Crippen LogP contribution in [-0.4, -0.2) is 36.8 Å². The van der Waals surface area contributed by atoms with E-state index in [0.29, 0.717) is 36.1 Å². The summed E-state index contributed by atoms with van der Waals surface area (Å²) in [4.78, 5) is 12.6. The highest BCUT2D eigenvalue weighted by molar-refractivity contribution is 9.10. The van der Waals surface area contributed by atoms with Crippen LogP contribution in [0.15, 0.2) is 10.5 Å². The maximum atomic E-state index is 12.6. The Kier molecular flexibility index (Phi) is 5.45. The monoisotopic (exact) mass is 399 g/mol. The number of ether oxygens (including phenoxy) is 1. The summed E-state index contributed by atoms with van der Waals surface area (Å²) in [7, 11) is 2.75. The van der Waals surface area contributed by atoms with Gasteiger partial charge in [0.15, 0.2) is 0 Å². The Bertz CT molecular complexity index is 603. The second-order valence-corrected chi connectivity index (χ2v) is 7.85. The second-order valence-electron chi connectivity index (χ2n) is 6.27. The van der Waals surface area contributed by atoms with Crippen LogP contribution in [-0.2, 0) is 6.42 Å². The predicted octanol–water partition coefficient (Wildman–Crippen LogP) is 2.59. The fourth-order valence-corrected chi connectivity index (χ4v) is 3.96. The van der Waals surface area contributed by atoms with Crippen LogP contribution in [0.25, 0.3) is 0 Å².